The van der Waals surface area contributed by atoms with Gasteiger partial charge in [-0.3, -0.25) is 9.78 Å². The highest BCUT2D eigenvalue weighted by Gasteiger charge is 2.09. The van der Waals surface area contributed by atoms with E-state index in [2.05, 4.69) is 37.5 Å². The molecule has 0 saturated heterocycles. The number of rotatable bonds is 6. The monoisotopic (exact) mass is 286 g/mol. The highest BCUT2D eigenvalue weighted by atomic mass is 16.1. The maximum Gasteiger partial charge on any atom is 0.271 e. The summed E-state index contributed by atoms with van der Waals surface area (Å²) in [6.07, 6.45) is 5.68. The summed E-state index contributed by atoms with van der Waals surface area (Å²) < 4.78 is 0. The van der Waals surface area contributed by atoms with Crippen LogP contribution in [-0.2, 0) is 6.54 Å². The smallest absolute Gasteiger partial charge is 0.271 e. The summed E-state index contributed by atoms with van der Waals surface area (Å²) in [5.74, 6) is 0.994. The van der Waals surface area contributed by atoms with E-state index in [0.717, 1.165) is 18.7 Å². The summed E-state index contributed by atoms with van der Waals surface area (Å²) in [6.45, 7) is 4.98. The number of carbonyl (C=O) groups is 1. The molecule has 0 aliphatic heterocycles. The van der Waals surface area contributed by atoms with Gasteiger partial charge in [-0.2, -0.15) is 0 Å². The van der Waals surface area contributed by atoms with Crippen LogP contribution in [0, 0.1) is 6.92 Å². The zero-order valence-electron chi connectivity index (χ0n) is 12.1. The number of anilines is 1. The normalized spacial score (nSPS) is 10.2. The number of hydrogen-bond donors (Lipinski definition) is 2. The molecule has 2 rings (SSSR count). The lowest BCUT2D eigenvalue weighted by Gasteiger charge is -2.07. The molecule has 0 aromatic carbocycles. The molecular weight excluding hydrogens is 268 g/mol. The van der Waals surface area contributed by atoms with Crippen LogP contribution in [0.25, 0.3) is 0 Å². The number of aromatic nitrogens is 4. The van der Waals surface area contributed by atoms with Crippen molar-refractivity contribution in [1.29, 1.82) is 0 Å². The second-order valence-electron chi connectivity index (χ2n) is 4.49. The molecule has 0 saturated carbocycles. The molecule has 2 N–H and O–H groups in total. The molecule has 2 aromatic heterocycles. The average molecular weight is 286 g/mol. The lowest BCUT2D eigenvalue weighted by Crippen LogP contribution is -2.25. The number of amides is 1. The van der Waals surface area contributed by atoms with Crippen LogP contribution in [0.3, 0.4) is 0 Å². The van der Waals surface area contributed by atoms with Gasteiger partial charge in [-0.1, -0.05) is 6.92 Å². The average Bonchev–Trinajstić information content (AvgIpc) is 2.51. The summed E-state index contributed by atoms with van der Waals surface area (Å²) in [5.41, 5.74) is 1.03. The third kappa shape index (κ3) is 4.48. The Labute approximate surface area is 123 Å². The minimum absolute atomic E-state index is 0.279. The zero-order chi connectivity index (χ0) is 15.1. The van der Waals surface area contributed by atoms with Gasteiger partial charge in [0, 0.05) is 12.7 Å². The molecule has 21 heavy (non-hydrogen) atoms. The summed E-state index contributed by atoms with van der Waals surface area (Å²) >= 11 is 0. The van der Waals surface area contributed by atoms with E-state index >= 15 is 0 Å². The number of carbonyl (C=O) groups excluding carboxylic acids is 1. The predicted octanol–water partition coefficient (Wildman–Crippen LogP) is 1.33. The van der Waals surface area contributed by atoms with Crippen LogP contribution in [0.5, 0.6) is 0 Å². The SMILES string of the molecule is CCCNc1cncc(C(=O)NCc2ccnc(C)n2)n1. The Hall–Kier alpha value is -2.57. The van der Waals surface area contributed by atoms with E-state index in [0.29, 0.717) is 18.2 Å². The van der Waals surface area contributed by atoms with Gasteiger partial charge in [0.15, 0.2) is 0 Å². The minimum atomic E-state index is -0.279. The molecule has 7 heteroatoms. The second-order valence-corrected chi connectivity index (χ2v) is 4.49. The van der Waals surface area contributed by atoms with E-state index in [1.54, 1.807) is 25.4 Å². The van der Waals surface area contributed by atoms with Crippen molar-refractivity contribution in [3.8, 4) is 0 Å². The first-order valence-corrected chi connectivity index (χ1v) is 6.81. The molecular formula is C14H18N6O. The first-order chi connectivity index (χ1) is 10.2. The molecule has 0 spiro atoms. The maximum absolute atomic E-state index is 12.0. The van der Waals surface area contributed by atoms with E-state index < -0.39 is 0 Å². The van der Waals surface area contributed by atoms with E-state index in [4.69, 9.17) is 0 Å². The summed E-state index contributed by atoms with van der Waals surface area (Å²) in [4.78, 5) is 28.5. The Morgan fingerprint density at radius 3 is 2.90 bits per heavy atom. The van der Waals surface area contributed by atoms with E-state index in [1.165, 1.54) is 6.20 Å². The minimum Gasteiger partial charge on any atom is -0.369 e. The summed E-state index contributed by atoms with van der Waals surface area (Å²) in [5, 5.41) is 5.86. The number of nitrogens with zero attached hydrogens (tertiary/aromatic N) is 4. The number of hydrogen-bond acceptors (Lipinski definition) is 6. The van der Waals surface area contributed by atoms with Crippen LogP contribution in [0.15, 0.2) is 24.7 Å². The van der Waals surface area contributed by atoms with Crippen molar-refractivity contribution in [3.05, 3.63) is 41.9 Å². The molecule has 7 nitrogen and oxygen atoms in total. The number of aryl methyl sites for hydroxylation is 1. The van der Waals surface area contributed by atoms with Crippen molar-refractivity contribution < 1.29 is 4.79 Å². The fourth-order valence-corrected chi connectivity index (χ4v) is 1.68. The fourth-order valence-electron chi connectivity index (χ4n) is 1.68. The first-order valence-electron chi connectivity index (χ1n) is 6.81. The largest absolute Gasteiger partial charge is 0.369 e. The molecule has 0 aliphatic carbocycles. The molecule has 0 aliphatic rings. The molecule has 0 fully saturated rings. The van der Waals surface area contributed by atoms with Crippen LogP contribution in [0.4, 0.5) is 5.82 Å². The topological polar surface area (TPSA) is 92.7 Å². The van der Waals surface area contributed by atoms with Crippen LogP contribution < -0.4 is 10.6 Å². The highest BCUT2D eigenvalue weighted by molar-refractivity contribution is 5.92. The van der Waals surface area contributed by atoms with Gasteiger partial charge in [-0.25, -0.2) is 15.0 Å². The van der Waals surface area contributed by atoms with Crippen molar-refractivity contribution in [2.24, 2.45) is 0 Å². The van der Waals surface area contributed by atoms with Gasteiger partial charge in [-0.15, -0.1) is 0 Å². The first kappa shape index (κ1) is 14.8. The Kier molecular flexibility index (Phi) is 5.14. The Morgan fingerprint density at radius 2 is 2.14 bits per heavy atom. The molecule has 1 amide bonds. The lowest BCUT2D eigenvalue weighted by atomic mass is 10.3. The third-order valence-electron chi connectivity index (χ3n) is 2.69. The van der Waals surface area contributed by atoms with E-state index in [9.17, 15) is 4.79 Å². The van der Waals surface area contributed by atoms with Crippen molar-refractivity contribution in [2.75, 3.05) is 11.9 Å². The van der Waals surface area contributed by atoms with Gasteiger partial charge in [0.2, 0.25) is 0 Å². The molecule has 0 unspecified atom stereocenters. The molecule has 0 atom stereocenters. The summed E-state index contributed by atoms with van der Waals surface area (Å²) in [6, 6.07) is 1.76. The van der Waals surface area contributed by atoms with E-state index in [1.807, 2.05) is 0 Å². The van der Waals surface area contributed by atoms with Gasteiger partial charge in [-0.05, 0) is 19.4 Å². The molecule has 2 heterocycles. The fraction of sp³-hybridized carbons (Fsp3) is 0.357. The van der Waals surface area contributed by atoms with Gasteiger partial charge in [0.1, 0.15) is 17.3 Å². The van der Waals surface area contributed by atoms with Gasteiger partial charge in [0.25, 0.3) is 5.91 Å². The van der Waals surface area contributed by atoms with Crippen molar-refractivity contribution in [2.45, 2.75) is 26.8 Å². The Bertz CT molecular complexity index is 616. The van der Waals surface area contributed by atoms with Gasteiger partial charge in [0.05, 0.1) is 24.6 Å². The second kappa shape index (κ2) is 7.28. The maximum atomic E-state index is 12.0. The van der Waals surface area contributed by atoms with Crippen LogP contribution in [0.2, 0.25) is 0 Å². The van der Waals surface area contributed by atoms with Crippen LogP contribution in [-0.4, -0.2) is 32.4 Å². The predicted molar refractivity (Wildman–Crippen MR) is 78.8 cm³/mol. The van der Waals surface area contributed by atoms with Gasteiger partial charge < -0.3 is 10.6 Å². The molecule has 0 bridgehead atoms. The Morgan fingerprint density at radius 1 is 1.29 bits per heavy atom. The quantitative estimate of drug-likeness (QED) is 0.832. The lowest BCUT2D eigenvalue weighted by molar-refractivity contribution is 0.0945. The summed E-state index contributed by atoms with van der Waals surface area (Å²) in [7, 11) is 0. The molecule has 2 aromatic rings. The van der Waals surface area contributed by atoms with E-state index in [-0.39, 0.29) is 11.6 Å². The molecule has 0 radical (unpaired) electrons. The van der Waals surface area contributed by atoms with Crippen LogP contribution in [0.1, 0.15) is 35.4 Å². The Balaban J connectivity index is 1.96. The third-order valence-corrected chi connectivity index (χ3v) is 2.69. The van der Waals surface area contributed by atoms with Gasteiger partial charge >= 0.3 is 0 Å². The number of nitrogens with one attached hydrogen (secondary N) is 2. The highest BCUT2D eigenvalue weighted by Crippen LogP contribution is 2.03. The molecule has 110 valence electrons. The van der Waals surface area contributed by atoms with Crippen LogP contribution >= 0.6 is 0 Å². The standard InChI is InChI=1S/C14H18N6O/c1-3-5-17-13-9-15-8-12(20-13)14(21)18-7-11-4-6-16-10(2)19-11/h4,6,8-9H,3,5,7H2,1-2H3,(H,17,20)(H,18,21). The van der Waals surface area contributed by atoms with Crippen molar-refractivity contribution in [3.63, 3.8) is 0 Å². The van der Waals surface area contributed by atoms with Crippen molar-refractivity contribution >= 4 is 11.7 Å². The zero-order valence-corrected chi connectivity index (χ0v) is 12.1. The van der Waals surface area contributed by atoms with Crippen molar-refractivity contribution in [1.82, 2.24) is 25.3 Å².